The van der Waals surface area contributed by atoms with E-state index in [2.05, 4.69) is 0 Å². The molecule has 5 heteroatoms. The average molecular weight is 212 g/mol. The maximum atomic E-state index is 5.17. The minimum atomic E-state index is 0. The minimum absolute atomic E-state index is 0. The van der Waals surface area contributed by atoms with Crippen molar-refractivity contribution in [2.24, 2.45) is 22.9 Å². The van der Waals surface area contributed by atoms with Gasteiger partial charge in [-0.25, -0.2) is 0 Å². The molecule has 0 fully saturated rings. The third-order valence-corrected chi connectivity index (χ3v) is 0.744. The molecular weight excluding hydrogens is 192 g/mol. The molecule has 0 spiro atoms. The summed E-state index contributed by atoms with van der Waals surface area (Å²) in [5.41, 5.74) is 20.4. The average Bonchev–Trinajstić information content (AvgIpc) is 1.89. The largest absolute Gasteiger partial charge is 0.329 e. The Hall–Kier alpha value is 0.359. The molecule has 0 rings (SSSR count). The molecule has 8 N–H and O–H groups in total. The third kappa shape index (κ3) is 38.1. The molecule has 0 aliphatic carbocycles. The number of hydrogen-bond acceptors (Lipinski definition) is 4. The second kappa shape index (κ2) is 13.0. The van der Waals surface area contributed by atoms with Gasteiger partial charge in [-0.3, -0.25) is 0 Å². The number of nitrogens with two attached hydrogens (primary N) is 4. The quantitative estimate of drug-likeness (QED) is 0.421. The number of rotatable bonds is 2. The van der Waals surface area contributed by atoms with E-state index in [0.717, 1.165) is 0 Å². The van der Waals surface area contributed by atoms with E-state index in [0.29, 0.717) is 13.1 Å². The van der Waals surface area contributed by atoms with Gasteiger partial charge in [-0.2, -0.15) is 0 Å². The molecule has 0 aromatic carbocycles. The molecule has 0 aromatic rings. The van der Waals surface area contributed by atoms with Crippen molar-refractivity contribution >= 4 is 0 Å². The van der Waals surface area contributed by atoms with Crippen LogP contribution in [0.5, 0.6) is 0 Å². The van der Waals surface area contributed by atoms with Crippen molar-refractivity contribution in [2.75, 3.05) is 13.1 Å². The molecule has 4 nitrogen and oxygen atoms in total. The van der Waals surface area contributed by atoms with Crippen LogP contribution in [0.3, 0.4) is 0 Å². The molecule has 2 atom stereocenters. The molecule has 11 heavy (non-hydrogen) atoms. The van der Waals surface area contributed by atoms with Crippen LogP contribution in [0.2, 0.25) is 0 Å². The molecule has 2 unspecified atom stereocenters. The Morgan fingerprint density at radius 2 is 1.00 bits per heavy atom. The van der Waals surface area contributed by atoms with Gasteiger partial charge in [0.1, 0.15) is 0 Å². The van der Waals surface area contributed by atoms with E-state index < -0.39 is 0 Å². The van der Waals surface area contributed by atoms with Crippen molar-refractivity contribution < 1.29 is 17.1 Å². The Labute approximate surface area is 79.5 Å². The first-order valence-corrected chi connectivity index (χ1v) is 3.45. The zero-order valence-corrected chi connectivity index (χ0v) is 8.12. The van der Waals surface area contributed by atoms with Crippen molar-refractivity contribution in [2.45, 2.75) is 25.9 Å². The summed E-state index contributed by atoms with van der Waals surface area (Å²) in [6.07, 6.45) is 0. The number of hydrogen-bond donors (Lipinski definition) is 4. The minimum Gasteiger partial charge on any atom is -0.329 e. The maximum absolute atomic E-state index is 5.17. The first-order valence-electron chi connectivity index (χ1n) is 3.45. The Balaban J connectivity index is -0.000000107. The summed E-state index contributed by atoms with van der Waals surface area (Å²) in [7, 11) is 0. The molecule has 0 aliphatic heterocycles. The zero-order valence-electron chi connectivity index (χ0n) is 7.18. The van der Waals surface area contributed by atoms with Crippen LogP contribution in [-0.2, 0) is 17.1 Å². The van der Waals surface area contributed by atoms with Crippen molar-refractivity contribution in [1.82, 2.24) is 0 Å². The topological polar surface area (TPSA) is 104 Å². The molecule has 0 heterocycles. The van der Waals surface area contributed by atoms with Crippen molar-refractivity contribution in [3.8, 4) is 0 Å². The van der Waals surface area contributed by atoms with Gasteiger partial charge in [-0.05, 0) is 13.8 Å². The molecule has 1 radical (unpaired) electrons. The summed E-state index contributed by atoms with van der Waals surface area (Å²) in [5.74, 6) is 0. The normalized spacial score (nSPS) is 13.6. The van der Waals surface area contributed by atoms with Gasteiger partial charge >= 0.3 is 0 Å². The SMILES string of the molecule is CC(N)CN.CC(N)CN.[Cu]. The summed E-state index contributed by atoms with van der Waals surface area (Å²) in [4.78, 5) is 0. The molecular formula is C6H20CuN4. The van der Waals surface area contributed by atoms with Crippen LogP contribution in [0, 0.1) is 0 Å². The summed E-state index contributed by atoms with van der Waals surface area (Å²) >= 11 is 0. The van der Waals surface area contributed by atoms with Gasteiger partial charge < -0.3 is 22.9 Å². The van der Waals surface area contributed by atoms with Gasteiger partial charge in [0.05, 0.1) is 0 Å². The van der Waals surface area contributed by atoms with Gasteiger partial charge in [0, 0.05) is 42.2 Å². The van der Waals surface area contributed by atoms with Crippen LogP contribution >= 0.6 is 0 Å². The van der Waals surface area contributed by atoms with Crippen LogP contribution in [0.1, 0.15) is 13.8 Å². The van der Waals surface area contributed by atoms with E-state index in [1.165, 1.54) is 0 Å². The van der Waals surface area contributed by atoms with Crippen molar-refractivity contribution in [3.05, 3.63) is 0 Å². The fourth-order valence-corrected chi connectivity index (χ4v) is 0. The van der Waals surface area contributed by atoms with Crippen LogP contribution in [0.25, 0.3) is 0 Å². The summed E-state index contributed by atoms with van der Waals surface area (Å²) in [6, 6.07) is 0.324. The molecule has 0 aliphatic rings. The Kier molecular flexibility index (Phi) is 20.6. The van der Waals surface area contributed by atoms with Gasteiger partial charge in [0.25, 0.3) is 0 Å². The van der Waals surface area contributed by atoms with Crippen LogP contribution < -0.4 is 22.9 Å². The summed E-state index contributed by atoms with van der Waals surface area (Å²) in [5, 5.41) is 0. The van der Waals surface area contributed by atoms with E-state index in [1.54, 1.807) is 0 Å². The third-order valence-electron chi connectivity index (χ3n) is 0.744. The van der Waals surface area contributed by atoms with E-state index in [-0.39, 0.29) is 29.2 Å². The van der Waals surface area contributed by atoms with E-state index >= 15 is 0 Å². The molecule has 0 bridgehead atoms. The van der Waals surface area contributed by atoms with Crippen LogP contribution in [0.15, 0.2) is 0 Å². The predicted molar refractivity (Wildman–Crippen MR) is 45.4 cm³/mol. The van der Waals surface area contributed by atoms with Gasteiger partial charge in [-0.1, -0.05) is 0 Å². The summed E-state index contributed by atoms with van der Waals surface area (Å²) in [6.45, 7) is 4.92. The van der Waals surface area contributed by atoms with Gasteiger partial charge in [0.15, 0.2) is 0 Å². The van der Waals surface area contributed by atoms with Gasteiger partial charge in [0.2, 0.25) is 0 Å². The monoisotopic (exact) mass is 211 g/mol. The molecule has 0 amide bonds. The van der Waals surface area contributed by atoms with Crippen LogP contribution in [-0.4, -0.2) is 25.2 Å². The predicted octanol–water partition coefficient (Wildman–Crippen LogP) is -1.42. The molecule has 75 valence electrons. The Morgan fingerprint density at radius 1 is 0.909 bits per heavy atom. The maximum Gasteiger partial charge on any atom is 0.0134 e. The van der Waals surface area contributed by atoms with E-state index in [1.807, 2.05) is 13.8 Å². The van der Waals surface area contributed by atoms with E-state index in [9.17, 15) is 0 Å². The van der Waals surface area contributed by atoms with Crippen molar-refractivity contribution in [3.63, 3.8) is 0 Å². The fourth-order valence-electron chi connectivity index (χ4n) is 0. The Bertz CT molecular complexity index is 50.5. The first-order chi connectivity index (χ1) is 4.54. The standard InChI is InChI=1S/2C3H10N2.Cu/c2*1-3(5)2-4;/h2*3H,2,4-5H2,1H3;. The fraction of sp³-hybridized carbons (Fsp3) is 1.00. The van der Waals surface area contributed by atoms with Crippen molar-refractivity contribution in [1.29, 1.82) is 0 Å². The zero-order chi connectivity index (χ0) is 8.57. The summed E-state index contributed by atoms with van der Waals surface area (Å²) < 4.78 is 0. The second-order valence-electron chi connectivity index (χ2n) is 2.43. The first kappa shape index (κ1) is 17.4. The molecule has 0 aromatic heterocycles. The Morgan fingerprint density at radius 3 is 1.00 bits per heavy atom. The molecule has 0 saturated carbocycles. The van der Waals surface area contributed by atoms with Crippen LogP contribution in [0.4, 0.5) is 0 Å². The second-order valence-corrected chi connectivity index (χ2v) is 2.43. The molecule has 0 saturated heterocycles. The van der Waals surface area contributed by atoms with Gasteiger partial charge in [-0.15, -0.1) is 0 Å². The smallest absolute Gasteiger partial charge is 0.0134 e. The van der Waals surface area contributed by atoms with E-state index in [4.69, 9.17) is 22.9 Å².